The molecule has 1 saturated heterocycles. The highest BCUT2D eigenvalue weighted by Gasteiger charge is 2.42. The van der Waals surface area contributed by atoms with Gasteiger partial charge in [0.2, 0.25) is 0 Å². The molecule has 1 aliphatic heterocycles. The lowest BCUT2D eigenvalue weighted by molar-refractivity contribution is -0.143. The number of amides is 1. The molecule has 4 rings (SSSR count). The summed E-state index contributed by atoms with van der Waals surface area (Å²) in [6, 6.07) is 15.6. The molecule has 9 heteroatoms. The van der Waals surface area contributed by atoms with Crippen LogP contribution in [-0.2, 0) is 12.7 Å². The molecule has 0 radical (unpaired) electrons. The van der Waals surface area contributed by atoms with Crippen molar-refractivity contribution in [2.75, 3.05) is 59.1 Å². The number of hydrogen-bond acceptors (Lipinski definition) is 4. The molecule has 2 heterocycles. The van der Waals surface area contributed by atoms with Gasteiger partial charge >= 0.3 is 6.18 Å². The van der Waals surface area contributed by atoms with Crippen molar-refractivity contribution in [3.8, 4) is 11.1 Å². The van der Waals surface area contributed by atoms with Gasteiger partial charge in [-0.05, 0) is 74.1 Å². The minimum absolute atomic E-state index is 0.0286. The first-order chi connectivity index (χ1) is 19.8. The summed E-state index contributed by atoms with van der Waals surface area (Å²) < 4.78 is 45.2. The summed E-state index contributed by atoms with van der Waals surface area (Å²) in [7, 11) is 3.77. The van der Waals surface area contributed by atoms with E-state index in [9.17, 15) is 18.0 Å². The lowest BCUT2D eigenvalue weighted by atomic mass is 9.91. The van der Waals surface area contributed by atoms with Gasteiger partial charge in [-0.2, -0.15) is 13.2 Å². The fraction of sp³-hybridized carbons (Fsp3) is 0.485. The number of benzene rings is 2. The minimum atomic E-state index is -4.66. The first-order valence-electron chi connectivity index (χ1n) is 14.6. The van der Waals surface area contributed by atoms with E-state index in [1.807, 2.05) is 6.07 Å². The van der Waals surface area contributed by atoms with Crippen LogP contribution < -0.4 is 5.73 Å². The van der Waals surface area contributed by atoms with Gasteiger partial charge in [0.15, 0.2) is 0 Å². The summed E-state index contributed by atoms with van der Waals surface area (Å²) in [5, 5.41) is 0. The number of likely N-dealkylation sites (N-methyl/N-ethyl adjacent to an activating group) is 1. The zero-order chi connectivity index (χ0) is 30.7. The quantitative estimate of drug-likeness (QED) is 0.272. The zero-order valence-corrected chi connectivity index (χ0v) is 25.5. The van der Waals surface area contributed by atoms with Crippen molar-refractivity contribution in [1.82, 2.24) is 19.3 Å². The van der Waals surface area contributed by atoms with Crippen LogP contribution in [0, 0.1) is 12.3 Å². The molecule has 0 aliphatic carbocycles. The molecule has 1 aromatic heterocycles. The third-order valence-corrected chi connectivity index (χ3v) is 8.07. The van der Waals surface area contributed by atoms with Crippen LogP contribution in [0.2, 0.25) is 0 Å². The number of nitrogens with two attached hydrogens (primary N) is 1. The molecular weight excluding hydrogens is 539 g/mol. The van der Waals surface area contributed by atoms with Crippen LogP contribution in [0.4, 0.5) is 18.9 Å². The van der Waals surface area contributed by atoms with E-state index in [0.29, 0.717) is 23.4 Å². The highest BCUT2D eigenvalue weighted by atomic mass is 19.4. The van der Waals surface area contributed by atoms with E-state index in [4.69, 9.17) is 5.73 Å². The number of nitrogens with zero attached hydrogens (tertiary/aromatic N) is 4. The van der Waals surface area contributed by atoms with Gasteiger partial charge in [-0.15, -0.1) is 0 Å². The maximum atomic E-state index is 14.7. The maximum absolute atomic E-state index is 14.7. The number of anilines is 1. The molecule has 42 heavy (non-hydrogen) atoms. The van der Waals surface area contributed by atoms with Gasteiger partial charge in [0.05, 0.1) is 0 Å². The van der Waals surface area contributed by atoms with E-state index in [-0.39, 0.29) is 28.8 Å². The molecule has 0 atom stereocenters. The van der Waals surface area contributed by atoms with Crippen molar-refractivity contribution in [2.45, 2.75) is 46.3 Å². The Kier molecular flexibility index (Phi) is 9.73. The van der Waals surface area contributed by atoms with Crippen molar-refractivity contribution in [2.24, 2.45) is 5.41 Å². The molecule has 1 fully saturated rings. The first-order valence-corrected chi connectivity index (χ1v) is 14.6. The Hall–Kier alpha value is -3.30. The Balaban J connectivity index is 1.69. The number of likely N-dealkylation sites (tertiary alicyclic amines) is 1. The predicted molar refractivity (Wildman–Crippen MR) is 163 cm³/mol. The number of rotatable bonds is 11. The Labute approximate surface area is 247 Å². The van der Waals surface area contributed by atoms with Crippen LogP contribution in [0.25, 0.3) is 11.1 Å². The van der Waals surface area contributed by atoms with Gasteiger partial charge in [-0.3, -0.25) is 4.79 Å². The van der Waals surface area contributed by atoms with Crippen molar-refractivity contribution < 1.29 is 18.0 Å². The molecule has 2 N–H and O–H groups in total. The number of carbonyl (C=O) groups excluding carboxylic acids is 1. The van der Waals surface area contributed by atoms with Crippen molar-refractivity contribution in [1.29, 1.82) is 0 Å². The molecule has 3 aromatic rings. The third-order valence-electron chi connectivity index (χ3n) is 8.07. The van der Waals surface area contributed by atoms with Crippen molar-refractivity contribution in [3.05, 3.63) is 77.1 Å². The van der Waals surface area contributed by atoms with E-state index in [1.165, 1.54) is 19.8 Å². The molecule has 2 aromatic carbocycles. The summed E-state index contributed by atoms with van der Waals surface area (Å²) in [4.78, 5) is 20.6. The fourth-order valence-corrected chi connectivity index (χ4v) is 6.33. The van der Waals surface area contributed by atoms with Crippen LogP contribution in [0.3, 0.4) is 0 Å². The summed E-state index contributed by atoms with van der Waals surface area (Å²) >= 11 is 0. The van der Waals surface area contributed by atoms with Crippen LogP contribution in [0.5, 0.6) is 0 Å². The van der Waals surface area contributed by atoms with Gasteiger partial charge in [-0.25, -0.2) is 0 Å². The number of aromatic nitrogens is 1. The Morgan fingerprint density at radius 2 is 1.57 bits per heavy atom. The van der Waals surface area contributed by atoms with Crippen LogP contribution in [-0.4, -0.2) is 78.5 Å². The molecule has 0 bridgehead atoms. The minimum Gasteiger partial charge on any atom is -0.399 e. The van der Waals surface area contributed by atoms with Gasteiger partial charge in [0.1, 0.15) is 11.4 Å². The lowest BCUT2D eigenvalue weighted by Crippen LogP contribution is -2.44. The molecular formula is C33H44F3N5O. The monoisotopic (exact) mass is 583 g/mol. The van der Waals surface area contributed by atoms with Gasteiger partial charge in [0.25, 0.3) is 5.91 Å². The summed E-state index contributed by atoms with van der Waals surface area (Å²) in [6.07, 6.45) is -2.15. The van der Waals surface area contributed by atoms with Gasteiger partial charge in [-0.1, -0.05) is 56.3 Å². The molecule has 6 nitrogen and oxygen atoms in total. The summed E-state index contributed by atoms with van der Waals surface area (Å²) in [5.74, 6) is -0.441. The van der Waals surface area contributed by atoms with E-state index < -0.39 is 17.8 Å². The van der Waals surface area contributed by atoms with Crippen LogP contribution in [0.15, 0.2) is 54.6 Å². The van der Waals surface area contributed by atoms with Crippen LogP contribution in [0.1, 0.15) is 54.0 Å². The van der Waals surface area contributed by atoms with Crippen molar-refractivity contribution >= 4 is 11.6 Å². The highest BCUT2D eigenvalue weighted by molar-refractivity contribution is 6.01. The molecule has 1 amide bonds. The number of halogens is 3. The van der Waals surface area contributed by atoms with E-state index in [2.05, 4.69) is 30.7 Å². The SMILES string of the molecule is Cc1c(-c2ccc(N)cc2)c(C(=O)N(C)CC(C)(C)CN(C)CCN2CCCC2)n(Cc2ccccc2)c1C(F)(F)F. The van der Waals surface area contributed by atoms with E-state index >= 15 is 0 Å². The van der Waals surface area contributed by atoms with Crippen LogP contribution >= 0.6 is 0 Å². The van der Waals surface area contributed by atoms with Gasteiger partial charge in [0, 0.05) is 51.0 Å². The number of carbonyl (C=O) groups is 1. The molecule has 1 aliphatic rings. The average molecular weight is 584 g/mol. The van der Waals surface area contributed by atoms with Crippen molar-refractivity contribution in [3.63, 3.8) is 0 Å². The normalized spacial score (nSPS) is 14.6. The second kappa shape index (κ2) is 12.9. The lowest BCUT2D eigenvalue weighted by Gasteiger charge is -2.35. The second-order valence-corrected chi connectivity index (χ2v) is 12.5. The molecule has 0 spiro atoms. The summed E-state index contributed by atoms with van der Waals surface area (Å²) in [5.41, 5.74) is 6.85. The average Bonchev–Trinajstić information content (AvgIpc) is 3.53. The predicted octanol–water partition coefficient (Wildman–Crippen LogP) is 6.24. The zero-order valence-electron chi connectivity index (χ0n) is 25.5. The third kappa shape index (κ3) is 7.55. The molecule has 228 valence electrons. The first kappa shape index (κ1) is 31.6. The summed E-state index contributed by atoms with van der Waals surface area (Å²) in [6.45, 7) is 10.9. The standard InChI is InChI=1S/C33H44F3N5O/c1-24-28(26-13-15-27(37)16-14-26)29(41(30(24)33(34,35)36)21-25-11-7-6-8-12-25)31(42)39(5)23-32(2,3)22-38(4)19-20-40-17-9-10-18-40/h6-8,11-16H,9-10,17-23,37H2,1-5H3. The number of alkyl halides is 3. The number of nitrogen functional groups attached to an aromatic ring is 1. The second-order valence-electron chi connectivity index (χ2n) is 12.5. The van der Waals surface area contributed by atoms with E-state index in [0.717, 1.165) is 37.3 Å². The smallest absolute Gasteiger partial charge is 0.399 e. The Morgan fingerprint density at radius 1 is 0.952 bits per heavy atom. The Morgan fingerprint density at radius 3 is 2.17 bits per heavy atom. The maximum Gasteiger partial charge on any atom is 0.431 e. The molecule has 0 saturated carbocycles. The largest absolute Gasteiger partial charge is 0.431 e. The number of hydrogen-bond donors (Lipinski definition) is 1. The fourth-order valence-electron chi connectivity index (χ4n) is 6.33. The highest BCUT2D eigenvalue weighted by Crippen LogP contribution is 2.42. The van der Waals surface area contributed by atoms with E-state index in [1.54, 1.807) is 60.5 Å². The Bertz CT molecular complexity index is 1340. The molecule has 0 unspecified atom stereocenters. The van der Waals surface area contributed by atoms with Gasteiger partial charge < -0.3 is 25.0 Å². The topological polar surface area (TPSA) is 57.7 Å².